The maximum Gasteiger partial charge on any atom is 0.238 e. The van der Waals surface area contributed by atoms with E-state index in [2.05, 4.69) is 0 Å². The molecule has 0 unspecified atom stereocenters. The molecule has 0 saturated heterocycles. The second kappa shape index (κ2) is 7.90. The van der Waals surface area contributed by atoms with Crippen molar-refractivity contribution in [2.45, 2.75) is 20.3 Å². The lowest BCUT2D eigenvalue weighted by Gasteiger charge is -2.15. The fourth-order valence-electron chi connectivity index (χ4n) is 3.14. The van der Waals surface area contributed by atoms with Crippen molar-refractivity contribution in [1.29, 1.82) is 0 Å². The number of hydrogen-bond donors (Lipinski definition) is 4. The summed E-state index contributed by atoms with van der Waals surface area (Å²) >= 11 is 0. The summed E-state index contributed by atoms with van der Waals surface area (Å²) < 4.78 is 15.9. The van der Waals surface area contributed by atoms with Crippen molar-refractivity contribution in [1.82, 2.24) is 0 Å². The summed E-state index contributed by atoms with van der Waals surface area (Å²) in [6.07, 6.45) is 1.99. The molecule has 0 saturated carbocycles. The van der Waals surface area contributed by atoms with E-state index < -0.39 is 22.7 Å². The summed E-state index contributed by atoms with van der Waals surface area (Å²) in [5.41, 5.74) is 0.104. The van der Waals surface area contributed by atoms with Crippen molar-refractivity contribution in [3.05, 3.63) is 45.6 Å². The Bertz CT molecular complexity index is 1220. The maximum atomic E-state index is 12.9. The first-order valence-corrected chi connectivity index (χ1v) is 9.02. The van der Waals surface area contributed by atoms with Gasteiger partial charge in [0.05, 0.1) is 14.2 Å². The number of aromatic hydroxyl groups is 4. The van der Waals surface area contributed by atoms with E-state index in [-0.39, 0.29) is 51.5 Å². The van der Waals surface area contributed by atoms with Crippen LogP contribution in [-0.4, -0.2) is 34.6 Å². The smallest absolute Gasteiger partial charge is 0.238 e. The normalized spacial score (nSPS) is 10.8. The third-order valence-electron chi connectivity index (χ3n) is 4.68. The van der Waals surface area contributed by atoms with Crippen LogP contribution < -0.4 is 14.9 Å². The highest BCUT2D eigenvalue weighted by Gasteiger charge is 2.27. The van der Waals surface area contributed by atoms with Crippen LogP contribution >= 0.6 is 0 Å². The van der Waals surface area contributed by atoms with Gasteiger partial charge >= 0.3 is 0 Å². The molecule has 0 aliphatic rings. The largest absolute Gasteiger partial charge is 0.507 e. The van der Waals surface area contributed by atoms with E-state index in [4.69, 9.17) is 13.9 Å². The highest BCUT2D eigenvalue weighted by atomic mass is 16.5. The fourth-order valence-corrected chi connectivity index (χ4v) is 3.14. The summed E-state index contributed by atoms with van der Waals surface area (Å²) in [5.74, 6) is -2.04. The molecule has 3 aromatic rings. The molecule has 0 atom stereocenters. The summed E-state index contributed by atoms with van der Waals surface area (Å²) in [7, 11) is 2.66. The first-order chi connectivity index (χ1) is 14.2. The number of phenols is 3. The van der Waals surface area contributed by atoms with Crippen LogP contribution in [-0.2, 0) is 6.42 Å². The van der Waals surface area contributed by atoms with Crippen molar-refractivity contribution in [3.8, 4) is 45.8 Å². The van der Waals surface area contributed by atoms with Crippen LogP contribution in [0, 0.1) is 0 Å². The van der Waals surface area contributed by atoms with Crippen LogP contribution in [0.25, 0.3) is 22.3 Å². The Kier molecular flexibility index (Phi) is 5.51. The molecule has 3 rings (SSSR count). The van der Waals surface area contributed by atoms with E-state index >= 15 is 0 Å². The second-order valence-electron chi connectivity index (χ2n) is 6.89. The van der Waals surface area contributed by atoms with Gasteiger partial charge in [-0.3, -0.25) is 4.79 Å². The van der Waals surface area contributed by atoms with E-state index in [1.165, 1.54) is 32.4 Å². The molecule has 8 heteroatoms. The monoisotopic (exact) mass is 414 g/mol. The molecule has 0 amide bonds. The number of phenolic OH excluding ortho intramolecular Hbond substituents is 3. The molecule has 4 N–H and O–H groups in total. The molecular formula is C22H22O8. The summed E-state index contributed by atoms with van der Waals surface area (Å²) in [6, 6.07) is 4.06. The fraction of sp³-hybridized carbons (Fsp3) is 0.227. The molecule has 30 heavy (non-hydrogen) atoms. The average molecular weight is 414 g/mol. The minimum absolute atomic E-state index is 0.0411. The van der Waals surface area contributed by atoms with Crippen molar-refractivity contribution < 1.29 is 34.3 Å². The van der Waals surface area contributed by atoms with Gasteiger partial charge in [0.15, 0.2) is 28.6 Å². The molecule has 158 valence electrons. The standard InChI is InChI=1S/C22H22O8/c1-10(2)5-7-12-16(24)15-17(25)18(26)20(30-22(15)19(27)21(12)29-4)11-6-8-13(23)14(9-11)28-3/h5-6,8-9,23-24,26-27H,7H2,1-4H3. The van der Waals surface area contributed by atoms with E-state index in [1.54, 1.807) is 6.08 Å². The topological polar surface area (TPSA) is 130 Å². The molecule has 1 aromatic heterocycles. The molecule has 8 nitrogen and oxygen atoms in total. The number of allylic oxidation sites excluding steroid dienone is 2. The minimum Gasteiger partial charge on any atom is -0.507 e. The molecule has 0 bridgehead atoms. The van der Waals surface area contributed by atoms with E-state index in [0.717, 1.165) is 5.57 Å². The highest BCUT2D eigenvalue weighted by molar-refractivity contribution is 5.94. The number of hydrogen-bond acceptors (Lipinski definition) is 8. The van der Waals surface area contributed by atoms with Crippen LogP contribution in [0.15, 0.2) is 39.1 Å². The van der Waals surface area contributed by atoms with Gasteiger partial charge in [0.2, 0.25) is 16.9 Å². The summed E-state index contributed by atoms with van der Waals surface area (Å²) in [6.45, 7) is 3.73. The van der Waals surface area contributed by atoms with Crippen molar-refractivity contribution in [2.24, 2.45) is 0 Å². The van der Waals surface area contributed by atoms with Crippen LogP contribution in [0.4, 0.5) is 0 Å². The van der Waals surface area contributed by atoms with Crippen LogP contribution in [0.2, 0.25) is 0 Å². The summed E-state index contributed by atoms with van der Waals surface area (Å²) in [4.78, 5) is 12.9. The summed E-state index contributed by atoms with van der Waals surface area (Å²) in [5, 5.41) is 41.4. The van der Waals surface area contributed by atoms with Gasteiger partial charge in [0.25, 0.3) is 0 Å². The third-order valence-corrected chi connectivity index (χ3v) is 4.68. The van der Waals surface area contributed by atoms with Gasteiger partial charge in [-0.05, 0) is 38.5 Å². The van der Waals surface area contributed by atoms with E-state index in [9.17, 15) is 25.2 Å². The van der Waals surface area contributed by atoms with E-state index in [0.29, 0.717) is 0 Å². The molecule has 0 spiro atoms. The van der Waals surface area contributed by atoms with Crippen molar-refractivity contribution in [3.63, 3.8) is 0 Å². The Labute approximate surface area is 171 Å². The van der Waals surface area contributed by atoms with Crippen molar-refractivity contribution >= 4 is 11.0 Å². The first-order valence-electron chi connectivity index (χ1n) is 9.02. The Balaban J connectivity index is 2.38. The SMILES string of the molecule is COc1cc(-c2oc3c(O)c(OC)c(CC=C(C)C)c(O)c3c(=O)c2O)ccc1O. The zero-order valence-corrected chi connectivity index (χ0v) is 16.9. The predicted molar refractivity (Wildman–Crippen MR) is 111 cm³/mol. The lowest BCUT2D eigenvalue weighted by atomic mass is 10.0. The number of ether oxygens (including phenoxy) is 2. The zero-order valence-electron chi connectivity index (χ0n) is 16.9. The van der Waals surface area contributed by atoms with Crippen LogP contribution in [0.3, 0.4) is 0 Å². The zero-order chi connectivity index (χ0) is 22.2. The van der Waals surface area contributed by atoms with Crippen LogP contribution in [0.5, 0.6) is 34.5 Å². The van der Waals surface area contributed by atoms with Crippen molar-refractivity contribution in [2.75, 3.05) is 14.2 Å². The van der Waals surface area contributed by atoms with Gasteiger partial charge < -0.3 is 34.3 Å². The lowest BCUT2D eigenvalue weighted by molar-refractivity contribution is 0.361. The third kappa shape index (κ3) is 3.36. The molecule has 0 aliphatic heterocycles. The Morgan fingerprint density at radius 3 is 2.33 bits per heavy atom. The number of rotatable bonds is 5. The van der Waals surface area contributed by atoms with Gasteiger partial charge in [0, 0.05) is 11.1 Å². The quantitative estimate of drug-likeness (QED) is 0.366. The molecule has 0 radical (unpaired) electrons. The molecule has 1 heterocycles. The average Bonchev–Trinajstić information content (AvgIpc) is 2.71. The number of benzene rings is 2. The van der Waals surface area contributed by atoms with E-state index in [1.807, 2.05) is 13.8 Å². The maximum absolute atomic E-state index is 12.9. The number of fused-ring (bicyclic) bond motifs is 1. The van der Waals surface area contributed by atoms with Gasteiger partial charge in [-0.25, -0.2) is 0 Å². The minimum atomic E-state index is -0.924. The Morgan fingerprint density at radius 1 is 1.03 bits per heavy atom. The Hall–Kier alpha value is -3.81. The molecule has 2 aromatic carbocycles. The van der Waals surface area contributed by atoms with Gasteiger partial charge in [0.1, 0.15) is 11.1 Å². The first kappa shape index (κ1) is 20.9. The highest BCUT2D eigenvalue weighted by Crippen LogP contribution is 2.46. The molecule has 0 fully saturated rings. The molecular weight excluding hydrogens is 392 g/mol. The van der Waals surface area contributed by atoms with Gasteiger partial charge in [-0.2, -0.15) is 0 Å². The predicted octanol–water partition coefficient (Wildman–Crippen LogP) is 3.81. The second-order valence-corrected chi connectivity index (χ2v) is 6.89. The number of methoxy groups -OCH3 is 2. The van der Waals surface area contributed by atoms with Gasteiger partial charge in [-0.15, -0.1) is 0 Å². The molecule has 0 aliphatic carbocycles. The van der Waals surface area contributed by atoms with Crippen LogP contribution in [0.1, 0.15) is 19.4 Å². The lowest BCUT2D eigenvalue weighted by Crippen LogP contribution is -2.06. The van der Waals surface area contributed by atoms with Gasteiger partial charge in [-0.1, -0.05) is 11.6 Å². The Morgan fingerprint density at radius 2 is 1.73 bits per heavy atom.